The van der Waals surface area contributed by atoms with Crippen LogP contribution in [0.5, 0.6) is 0 Å². The van der Waals surface area contributed by atoms with Gasteiger partial charge in [-0.25, -0.2) is 9.79 Å². The Morgan fingerprint density at radius 1 is 1.30 bits per heavy atom. The van der Waals surface area contributed by atoms with E-state index >= 15 is 0 Å². The molecule has 1 aromatic heterocycles. The number of carbonyl (C=O) groups excluding carboxylic acids is 1. The van der Waals surface area contributed by atoms with E-state index in [2.05, 4.69) is 15.6 Å². The molecule has 0 aromatic carbocycles. The minimum absolute atomic E-state index is 0.136. The molecule has 0 saturated carbocycles. The summed E-state index contributed by atoms with van der Waals surface area (Å²) in [5.74, 6) is 1.77. The van der Waals surface area contributed by atoms with Gasteiger partial charge >= 0.3 is 6.09 Å². The van der Waals surface area contributed by atoms with Crippen LogP contribution < -0.4 is 10.6 Å². The first-order valence-corrected chi connectivity index (χ1v) is 9.20. The Labute approximate surface area is 162 Å². The summed E-state index contributed by atoms with van der Waals surface area (Å²) < 4.78 is 10.8. The van der Waals surface area contributed by atoms with Gasteiger partial charge in [-0.2, -0.15) is 0 Å². The van der Waals surface area contributed by atoms with Crippen molar-refractivity contribution < 1.29 is 19.1 Å². The molecular weight excluding hydrogens is 348 g/mol. The lowest BCUT2D eigenvalue weighted by Crippen LogP contribution is -2.43. The third kappa shape index (κ3) is 8.34. The number of guanidine groups is 1. The summed E-state index contributed by atoms with van der Waals surface area (Å²) in [6.07, 6.45) is -0.373. The van der Waals surface area contributed by atoms with Crippen molar-refractivity contribution in [3.05, 3.63) is 23.7 Å². The standard InChI is InChI=1S/C19H34N4O4/c1-8-20-16(21-11-12-23(7)17(24)27-18(3,4)5)22-13-19(6,25)15-10-9-14(2)26-15/h9-10,25H,8,11-13H2,1-7H3,(H2,20,21,22). The maximum Gasteiger partial charge on any atom is 0.410 e. The number of aliphatic imine (C=N–C) groups is 1. The van der Waals surface area contributed by atoms with Crippen molar-refractivity contribution in [2.75, 3.05) is 33.2 Å². The number of rotatable bonds is 7. The summed E-state index contributed by atoms with van der Waals surface area (Å²) in [6.45, 7) is 12.7. The number of aryl methyl sites for hydroxylation is 1. The molecule has 27 heavy (non-hydrogen) atoms. The zero-order chi connectivity index (χ0) is 20.7. The van der Waals surface area contributed by atoms with Gasteiger partial charge in [0.2, 0.25) is 0 Å². The van der Waals surface area contributed by atoms with Crippen LogP contribution in [0.2, 0.25) is 0 Å². The number of amides is 1. The van der Waals surface area contributed by atoms with Crippen LogP contribution in [0.3, 0.4) is 0 Å². The molecule has 1 amide bonds. The number of carbonyl (C=O) groups is 1. The van der Waals surface area contributed by atoms with E-state index in [1.165, 1.54) is 4.90 Å². The van der Waals surface area contributed by atoms with Crippen molar-refractivity contribution in [1.29, 1.82) is 0 Å². The monoisotopic (exact) mass is 382 g/mol. The number of likely N-dealkylation sites (N-methyl/N-ethyl adjacent to an activating group) is 1. The van der Waals surface area contributed by atoms with Gasteiger partial charge in [0, 0.05) is 26.7 Å². The van der Waals surface area contributed by atoms with Gasteiger partial charge in [-0.3, -0.25) is 0 Å². The van der Waals surface area contributed by atoms with Crippen LogP contribution in [-0.4, -0.2) is 60.9 Å². The summed E-state index contributed by atoms with van der Waals surface area (Å²) in [7, 11) is 1.68. The van der Waals surface area contributed by atoms with Crippen LogP contribution in [-0.2, 0) is 10.3 Å². The van der Waals surface area contributed by atoms with Gasteiger partial charge in [-0.05, 0) is 53.7 Å². The molecule has 8 heteroatoms. The molecule has 3 N–H and O–H groups in total. The van der Waals surface area contributed by atoms with Gasteiger partial charge in [0.25, 0.3) is 0 Å². The SMILES string of the molecule is CCNC(=NCC(C)(O)c1ccc(C)o1)NCCN(C)C(=O)OC(C)(C)C. The van der Waals surface area contributed by atoms with E-state index < -0.39 is 11.2 Å². The first-order valence-electron chi connectivity index (χ1n) is 9.20. The molecule has 0 bridgehead atoms. The Kier molecular flexibility index (Phi) is 8.15. The van der Waals surface area contributed by atoms with E-state index in [-0.39, 0.29) is 12.6 Å². The minimum atomic E-state index is -1.20. The van der Waals surface area contributed by atoms with E-state index in [4.69, 9.17) is 9.15 Å². The summed E-state index contributed by atoms with van der Waals surface area (Å²) in [5, 5.41) is 16.8. The highest BCUT2D eigenvalue weighted by molar-refractivity contribution is 5.79. The molecule has 1 aromatic rings. The molecule has 0 fully saturated rings. The number of hydrogen-bond donors (Lipinski definition) is 3. The lowest BCUT2D eigenvalue weighted by molar-refractivity contribution is 0.0302. The van der Waals surface area contributed by atoms with E-state index in [9.17, 15) is 9.90 Å². The fourth-order valence-electron chi connectivity index (χ4n) is 2.15. The maximum absolute atomic E-state index is 12.0. The molecule has 1 rings (SSSR count). The lowest BCUT2D eigenvalue weighted by atomic mass is 10.0. The molecule has 0 aliphatic rings. The van der Waals surface area contributed by atoms with E-state index in [0.29, 0.717) is 31.4 Å². The lowest BCUT2D eigenvalue weighted by Gasteiger charge is -2.25. The number of ether oxygens (including phenoxy) is 1. The Morgan fingerprint density at radius 3 is 2.48 bits per heavy atom. The normalized spacial score (nSPS) is 14.4. The summed E-state index contributed by atoms with van der Waals surface area (Å²) in [4.78, 5) is 17.9. The zero-order valence-electron chi connectivity index (χ0n) is 17.5. The molecular formula is C19H34N4O4. The number of aliphatic hydroxyl groups is 1. The van der Waals surface area contributed by atoms with Crippen molar-refractivity contribution in [3.8, 4) is 0 Å². The van der Waals surface area contributed by atoms with Crippen LogP contribution in [0.4, 0.5) is 4.79 Å². The van der Waals surface area contributed by atoms with Gasteiger partial charge in [0.1, 0.15) is 22.7 Å². The number of nitrogens with zero attached hydrogens (tertiary/aromatic N) is 2. The average molecular weight is 383 g/mol. The average Bonchev–Trinajstić information content (AvgIpc) is 2.98. The molecule has 0 saturated heterocycles. The second-order valence-corrected chi connectivity index (χ2v) is 7.71. The summed E-state index contributed by atoms with van der Waals surface area (Å²) in [6, 6.07) is 3.56. The third-order valence-electron chi connectivity index (χ3n) is 3.61. The molecule has 8 nitrogen and oxygen atoms in total. The Balaban J connectivity index is 2.58. The first kappa shape index (κ1) is 22.8. The number of furan rings is 1. The Morgan fingerprint density at radius 2 is 1.96 bits per heavy atom. The quantitative estimate of drug-likeness (QED) is 0.494. The highest BCUT2D eigenvalue weighted by Crippen LogP contribution is 2.23. The zero-order valence-corrected chi connectivity index (χ0v) is 17.5. The second-order valence-electron chi connectivity index (χ2n) is 7.71. The minimum Gasteiger partial charge on any atom is -0.463 e. The third-order valence-corrected chi connectivity index (χ3v) is 3.61. The number of hydrogen-bond acceptors (Lipinski definition) is 5. The smallest absolute Gasteiger partial charge is 0.410 e. The van der Waals surface area contributed by atoms with Crippen molar-refractivity contribution in [2.24, 2.45) is 4.99 Å². The molecule has 0 spiro atoms. The van der Waals surface area contributed by atoms with E-state index in [1.54, 1.807) is 20.0 Å². The van der Waals surface area contributed by atoms with E-state index in [1.807, 2.05) is 40.7 Å². The highest BCUT2D eigenvalue weighted by Gasteiger charge is 2.26. The highest BCUT2D eigenvalue weighted by atomic mass is 16.6. The molecule has 0 aliphatic carbocycles. The van der Waals surface area contributed by atoms with Gasteiger partial charge in [0.05, 0.1) is 6.54 Å². The number of nitrogens with one attached hydrogen (secondary N) is 2. The predicted molar refractivity (Wildman–Crippen MR) is 106 cm³/mol. The van der Waals surface area contributed by atoms with Gasteiger partial charge in [-0.15, -0.1) is 0 Å². The molecule has 1 heterocycles. The van der Waals surface area contributed by atoms with E-state index in [0.717, 1.165) is 5.76 Å². The maximum atomic E-state index is 12.0. The van der Waals surface area contributed by atoms with Crippen LogP contribution >= 0.6 is 0 Å². The van der Waals surface area contributed by atoms with Crippen molar-refractivity contribution >= 4 is 12.1 Å². The summed E-state index contributed by atoms with van der Waals surface area (Å²) >= 11 is 0. The van der Waals surface area contributed by atoms with Crippen LogP contribution in [0.1, 0.15) is 46.1 Å². The molecule has 0 radical (unpaired) electrons. The Bertz CT molecular complexity index is 632. The fourth-order valence-corrected chi connectivity index (χ4v) is 2.15. The molecule has 0 aliphatic heterocycles. The topological polar surface area (TPSA) is 99.3 Å². The predicted octanol–water partition coefficient (Wildman–Crippen LogP) is 2.22. The second kappa shape index (κ2) is 9.64. The van der Waals surface area contributed by atoms with Gasteiger partial charge in [0.15, 0.2) is 5.96 Å². The van der Waals surface area contributed by atoms with Crippen molar-refractivity contribution in [3.63, 3.8) is 0 Å². The van der Waals surface area contributed by atoms with Crippen LogP contribution in [0.15, 0.2) is 21.5 Å². The first-order chi connectivity index (χ1) is 12.4. The van der Waals surface area contributed by atoms with Crippen molar-refractivity contribution in [2.45, 2.75) is 52.7 Å². The molecule has 1 unspecified atom stereocenters. The molecule has 1 atom stereocenters. The van der Waals surface area contributed by atoms with Crippen LogP contribution in [0.25, 0.3) is 0 Å². The largest absolute Gasteiger partial charge is 0.463 e. The summed E-state index contributed by atoms with van der Waals surface area (Å²) in [5.41, 5.74) is -1.73. The fraction of sp³-hybridized carbons (Fsp3) is 0.684. The van der Waals surface area contributed by atoms with Crippen molar-refractivity contribution in [1.82, 2.24) is 15.5 Å². The van der Waals surface area contributed by atoms with Gasteiger partial charge in [-0.1, -0.05) is 0 Å². The molecule has 154 valence electrons. The Hall–Kier alpha value is -2.22. The van der Waals surface area contributed by atoms with Gasteiger partial charge < -0.3 is 29.8 Å². The van der Waals surface area contributed by atoms with Crippen LogP contribution in [0, 0.1) is 6.92 Å².